The maximum Gasteiger partial charge on any atom is 0.219 e. The molecule has 0 bridgehead atoms. The van der Waals surface area contributed by atoms with E-state index in [-0.39, 0.29) is 5.91 Å². The molecule has 1 saturated heterocycles. The van der Waals surface area contributed by atoms with E-state index in [0.717, 1.165) is 65.4 Å². The lowest BCUT2D eigenvalue weighted by molar-refractivity contribution is -0.129. The SMILES string of the molecule is COCCN(c1ncc(-c2cccc(Nc3cc(C)ccn3)n2)s1)C1CCN(C(C)=O)CC1. The number of piperidine rings is 1. The average molecular weight is 467 g/mol. The molecule has 9 heteroatoms. The quantitative estimate of drug-likeness (QED) is 0.535. The molecule has 0 aliphatic carbocycles. The highest BCUT2D eigenvalue weighted by Crippen LogP contribution is 2.33. The van der Waals surface area contributed by atoms with Crippen LogP contribution >= 0.6 is 11.3 Å². The number of ether oxygens (including phenoxy) is 1. The van der Waals surface area contributed by atoms with Gasteiger partial charge in [-0.05, 0) is 49.6 Å². The largest absolute Gasteiger partial charge is 0.383 e. The topological polar surface area (TPSA) is 83.5 Å². The van der Waals surface area contributed by atoms with Crippen LogP contribution in [0.5, 0.6) is 0 Å². The Balaban J connectivity index is 1.51. The number of nitrogens with one attached hydrogen (secondary N) is 1. The Morgan fingerprint density at radius 1 is 1.24 bits per heavy atom. The van der Waals surface area contributed by atoms with E-state index >= 15 is 0 Å². The van der Waals surface area contributed by atoms with Gasteiger partial charge in [0.05, 0.1) is 17.2 Å². The number of rotatable bonds is 8. The van der Waals surface area contributed by atoms with Gasteiger partial charge < -0.3 is 19.9 Å². The number of hydrogen-bond donors (Lipinski definition) is 1. The number of hydrogen-bond acceptors (Lipinski definition) is 8. The van der Waals surface area contributed by atoms with Crippen LogP contribution in [0.15, 0.2) is 42.7 Å². The summed E-state index contributed by atoms with van der Waals surface area (Å²) in [6.45, 7) is 6.63. The van der Waals surface area contributed by atoms with Crippen molar-refractivity contribution < 1.29 is 9.53 Å². The van der Waals surface area contributed by atoms with Gasteiger partial charge in [-0.25, -0.2) is 15.0 Å². The van der Waals surface area contributed by atoms with Crippen LogP contribution in [0.25, 0.3) is 10.6 Å². The fourth-order valence-electron chi connectivity index (χ4n) is 4.01. The molecule has 0 spiro atoms. The van der Waals surface area contributed by atoms with E-state index in [2.05, 4.69) is 15.2 Å². The normalized spacial score (nSPS) is 14.3. The Morgan fingerprint density at radius 3 is 2.79 bits per heavy atom. The van der Waals surface area contributed by atoms with E-state index in [4.69, 9.17) is 14.7 Å². The summed E-state index contributed by atoms with van der Waals surface area (Å²) < 4.78 is 5.36. The van der Waals surface area contributed by atoms with E-state index in [9.17, 15) is 4.79 Å². The molecule has 0 aromatic carbocycles. The van der Waals surface area contributed by atoms with Gasteiger partial charge >= 0.3 is 0 Å². The molecular weight excluding hydrogens is 436 g/mol. The van der Waals surface area contributed by atoms with Crippen molar-refractivity contribution in [2.24, 2.45) is 0 Å². The summed E-state index contributed by atoms with van der Waals surface area (Å²) in [5.74, 6) is 1.66. The minimum absolute atomic E-state index is 0.147. The molecule has 0 saturated carbocycles. The van der Waals surface area contributed by atoms with Gasteiger partial charge in [0, 0.05) is 52.1 Å². The van der Waals surface area contributed by atoms with Crippen LogP contribution in [-0.2, 0) is 9.53 Å². The maximum atomic E-state index is 11.7. The predicted octanol–water partition coefficient (Wildman–Crippen LogP) is 4.12. The van der Waals surface area contributed by atoms with Crippen LogP contribution in [-0.4, -0.2) is 65.2 Å². The van der Waals surface area contributed by atoms with Gasteiger partial charge in [0.2, 0.25) is 5.91 Å². The summed E-state index contributed by atoms with van der Waals surface area (Å²) in [7, 11) is 1.72. The van der Waals surface area contributed by atoms with Crippen LogP contribution in [0.4, 0.5) is 16.8 Å². The monoisotopic (exact) mass is 466 g/mol. The minimum Gasteiger partial charge on any atom is -0.383 e. The van der Waals surface area contributed by atoms with Crippen LogP contribution in [0.2, 0.25) is 0 Å². The number of amides is 1. The molecule has 3 aromatic rings. The lowest BCUT2D eigenvalue weighted by Crippen LogP contribution is -2.47. The van der Waals surface area contributed by atoms with E-state index in [1.165, 1.54) is 0 Å². The van der Waals surface area contributed by atoms with Crippen molar-refractivity contribution >= 4 is 34.0 Å². The van der Waals surface area contributed by atoms with E-state index < -0.39 is 0 Å². The summed E-state index contributed by atoms with van der Waals surface area (Å²) in [6.07, 6.45) is 5.53. The number of carbonyl (C=O) groups is 1. The smallest absolute Gasteiger partial charge is 0.219 e. The highest BCUT2D eigenvalue weighted by atomic mass is 32.1. The first kappa shape index (κ1) is 23.1. The molecule has 1 aliphatic rings. The maximum absolute atomic E-state index is 11.7. The number of anilines is 3. The first-order chi connectivity index (χ1) is 16.0. The molecule has 0 unspecified atom stereocenters. The van der Waals surface area contributed by atoms with E-state index in [1.807, 2.05) is 48.4 Å². The van der Waals surface area contributed by atoms with E-state index in [1.54, 1.807) is 31.6 Å². The summed E-state index contributed by atoms with van der Waals surface area (Å²) in [6, 6.07) is 10.2. The Bertz CT molecular complexity index is 1080. The number of aryl methyl sites for hydroxylation is 1. The third-order valence-corrected chi connectivity index (χ3v) is 6.86. The molecule has 4 heterocycles. The van der Waals surface area contributed by atoms with Crippen molar-refractivity contribution in [1.82, 2.24) is 19.9 Å². The zero-order chi connectivity index (χ0) is 23.2. The van der Waals surface area contributed by atoms with Crippen LogP contribution in [0.1, 0.15) is 25.3 Å². The molecule has 3 aromatic heterocycles. The van der Waals surface area contributed by atoms with Gasteiger partial charge in [-0.2, -0.15) is 0 Å². The highest BCUT2D eigenvalue weighted by molar-refractivity contribution is 7.18. The van der Waals surface area contributed by atoms with Crippen molar-refractivity contribution in [3.63, 3.8) is 0 Å². The first-order valence-corrected chi connectivity index (χ1v) is 12.0. The predicted molar refractivity (Wildman–Crippen MR) is 132 cm³/mol. The summed E-state index contributed by atoms with van der Waals surface area (Å²) in [5, 5.41) is 4.24. The number of methoxy groups -OCH3 is 1. The minimum atomic E-state index is 0.147. The van der Waals surface area contributed by atoms with Crippen LogP contribution in [0.3, 0.4) is 0 Å². The lowest BCUT2D eigenvalue weighted by atomic mass is 10.0. The van der Waals surface area contributed by atoms with Gasteiger partial charge in [0.1, 0.15) is 11.6 Å². The number of aromatic nitrogens is 3. The van der Waals surface area contributed by atoms with Crippen LogP contribution in [0, 0.1) is 6.92 Å². The first-order valence-electron chi connectivity index (χ1n) is 11.2. The van der Waals surface area contributed by atoms with Crippen molar-refractivity contribution in [2.75, 3.05) is 43.6 Å². The average Bonchev–Trinajstić information content (AvgIpc) is 3.30. The Morgan fingerprint density at radius 2 is 2.06 bits per heavy atom. The number of pyridine rings is 2. The second-order valence-corrected chi connectivity index (χ2v) is 9.19. The third kappa shape index (κ3) is 5.85. The van der Waals surface area contributed by atoms with Crippen LogP contribution < -0.4 is 10.2 Å². The van der Waals surface area contributed by atoms with Gasteiger partial charge in [0.25, 0.3) is 0 Å². The fraction of sp³-hybridized carbons (Fsp3) is 0.417. The van der Waals surface area contributed by atoms with Gasteiger partial charge in [-0.1, -0.05) is 17.4 Å². The standard InChI is InChI=1S/C24H30N6O2S/c1-17-7-10-25-23(15-17)28-22-6-4-5-20(27-22)21-16-26-24(33-21)30(13-14-32-3)19-8-11-29(12-9-19)18(2)31/h4-7,10,15-16,19H,8-9,11-14H2,1-3H3,(H,25,27,28). The molecule has 1 fully saturated rings. The Kier molecular flexibility index (Phi) is 7.51. The second kappa shape index (κ2) is 10.7. The summed E-state index contributed by atoms with van der Waals surface area (Å²) in [5.41, 5.74) is 2.01. The molecule has 0 atom stereocenters. The molecule has 8 nitrogen and oxygen atoms in total. The zero-order valence-electron chi connectivity index (χ0n) is 19.3. The number of likely N-dealkylation sites (tertiary alicyclic amines) is 1. The van der Waals surface area contributed by atoms with Crippen molar-refractivity contribution in [2.45, 2.75) is 32.7 Å². The number of carbonyl (C=O) groups excluding carboxylic acids is 1. The Hall–Kier alpha value is -3.04. The molecule has 174 valence electrons. The van der Waals surface area contributed by atoms with Crippen molar-refractivity contribution in [3.05, 3.63) is 48.3 Å². The lowest BCUT2D eigenvalue weighted by Gasteiger charge is -2.38. The van der Waals surface area contributed by atoms with Gasteiger partial charge in [-0.15, -0.1) is 0 Å². The summed E-state index contributed by atoms with van der Waals surface area (Å²) >= 11 is 1.64. The summed E-state index contributed by atoms with van der Waals surface area (Å²) in [4.78, 5) is 30.8. The molecule has 1 N–H and O–H groups in total. The second-order valence-electron chi connectivity index (χ2n) is 8.18. The fourth-order valence-corrected chi connectivity index (χ4v) is 4.99. The van der Waals surface area contributed by atoms with Gasteiger partial charge in [0.15, 0.2) is 5.13 Å². The molecule has 4 rings (SSSR count). The van der Waals surface area contributed by atoms with E-state index in [0.29, 0.717) is 12.6 Å². The molecule has 1 aliphatic heterocycles. The highest BCUT2D eigenvalue weighted by Gasteiger charge is 2.27. The van der Waals surface area contributed by atoms with Crippen molar-refractivity contribution in [3.8, 4) is 10.6 Å². The number of nitrogens with zero attached hydrogens (tertiary/aromatic N) is 5. The molecular formula is C24H30N6O2S. The Labute approximate surface area is 198 Å². The van der Waals surface area contributed by atoms with Gasteiger partial charge in [-0.3, -0.25) is 4.79 Å². The molecule has 1 amide bonds. The zero-order valence-corrected chi connectivity index (χ0v) is 20.1. The molecule has 33 heavy (non-hydrogen) atoms. The third-order valence-electron chi connectivity index (χ3n) is 5.80. The molecule has 0 radical (unpaired) electrons. The van der Waals surface area contributed by atoms with Crippen molar-refractivity contribution in [1.29, 1.82) is 0 Å². The number of thiazole rings is 1.